The molecular weight excluding hydrogens is 667 g/mol. The minimum atomic E-state index is 0.700. The smallest absolute Gasteiger partial charge is 0.160 e. The van der Waals surface area contributed by atoms with Crippen LogP contribution in [0.1, 0.15) is 0 Å². The summed E-state index contributed by atoms with van der Waals surface area (Å²) < 4.78 is 2.40. The molecule has 2 aromatic heterocycles. The van der Waals surface area contributed by atoms with Crippen LogP contribution in [0.4, 0.5) is 0 Å². The Morgan fingerprint density at radius 1 is 0.327 bits per heavy atom. The van der Waals surface area contributed by atoms with Crippen molar-refractivity contribution < 1.29 is 0 Å². The van der Waals surface area contributed by atoms with Crippen LogP contribution in [0.25, 0.3) is 105 Å². The summed E-state index contributed by atoms with van der Waals surface area (Å²) in [6.45, 7) is 0. The van der Waals surface area contributed by atoms with E-state index in [1.807, 2.05) is 0 Å². The first kappa shape index (κ1) is 31.2. The van der Waals surface area contributed by atoms with Crippen LogP contribution in [0.15, 0.2) is 200 Å². The third-order valence-electron chi connectivity index (χ3n) is 11.0. The molecule has 0 spiro atoms. The van der Waals surface area contributed by atoms with Crippen molar-refractivity contribution in [1.29, 1.82) is 0 Å². The van der Waals surface area contributed by atoms with Gasteiger partial charge in [-0.1, -0.05) is 140 Å². The van der Waals surface area contributed by atoms with Crippen LogP contribution in [0.2, 0.25) is 0 Å². The number of nitrogens with zero attached hydrogens (tertiary/aromatic N) is 3. The molecule has 0 radical (unpaired) electrons. The van der Waals surface area contributed by atoms with Crippen molar-refractivity contribution in [3.8, 4) is 50.6 Å². The minimum Gasteiger partial charge on any atom is -0.309 e. The SMILES string of the molecule is c1ccc(-c2cc(-c3ccccc3)cc(-c3nc(-c4ccc(-n5c6ccc7ccccc7c6c6c7ccccc7ccc65)cc4)nc4ccccc34)c2)cc1. The summed E-state index contributed by atoms with van der Waals surface area (Å²) in [7, 11) is 0. The first-order valence-corrected chi connectivity index (χ1v) is 18.7. The molecule has 0 amide bonds. The van der Waals surface area contributed by atoms with Crippen LogP contribution in [0, 0.1) is 0 Å². The highest BCUT2D eigenvalue weighted by molar-refractivity contribution is 6.28. The van der Waals surface area contributed by atoms with Crippen LogP contribution in [-0.4, -0.2) is 14.5 Å². The largest absolute Gasteiger partial charge is 0.309 e. The summed E-state index contributed by atoms with van der Waals surface area (Å²) in [5, 5.41) is 8.60. The molecule has 0 saturated carbocycles. The van der Waals surface area contributed by atoms with E-state index < -0.39 is 0 Å². The normalized spacial score (nSPS) is 11.6. The molecule has 0 aliphatic heterocycles. The van der Waals surface area contributed by atoms with Crippen molar-refractivity contribution in [3.05, 3.63) is 200 Å². The Morgan fingerprint density at radius 3 is 1.40 bits per heavy atom. The zero-order valence-corrected chi connectivity index (χ0v) is 29.9. The second-order valence-corrected chi connectivity index (χ2v) is 14.2. The molecule has 0 N–H and O–H groups in total. The molecule has 0 aliphatic rings. The van der Waals surface area contributed by atoms with Crippen molar-refractivity contribution >= 4 is 54.3 Å². The van der Waals surface area contributed by atoms with E-state index in [1.165, 1.54) is 54.5 Å². The second kappa shape index (κ2) is 12.6. The quantitative estimate of drug-likeness (QED) is 0.179. The predicted octanol–water partition coefficient (Wildman–Crippen LogP) is 13.7. The van der Waals surface area contributed by atoms with Gasteiger partial charge in [-0.25, -0.2) is 9.97 Å². The molecule has 3 nitrogen and oxygen atoms in total. The van der Waals surface area contributed by atoms with Crippen molar-refractivity contribution in [3.63, 3.8) is 0 Å². The monoisotopic (exact) mass is 699 g/mol. The lowest BCUT2D eigenvalue weighted by atomic mass is 9.94. The van der Waals surface area contributed by atoms with Gasteiger partial charge in [0, 0.05) is 33.0 Å². The first-order valence-electron chi connectivity index (χ1n) is 18.7. The summed E-state index contributed by atoms with van der Waals surface area (Å²) in [6.07, 6.45) is 0. The Labute approximate surface area is 318 Å². The van der Waals surface area contributed by atoms with Gasteiger partial charge in [-0.05, 0) is 104 Å². The van der Waals surface area contributed by atoms with Crippen LogP contribution < -0.4 is 0 Å². The summed E-state index contributed by atoms with van der Waals surface area (Å²) in [5.74, 6) is 0.700. The van der Waals surface area contributed by atoms with E-state index in [9.17, 15) is 0 Å². The van der Waals surface area contributed by atoms with Gasteiger partial charge in [0.1, 0.15) is 0 Å². The highest BCUT2D eigenvalue weighted by Gasteiger charge is 2.18. The predicted molar refractivity (Wildman–Crippen MR) is 231 cm³/mol. The van der Waals surface area contributed by atoms with E-state index >= 15 is 0 Å². The van der Waals surface area contributed by atoms with E-state index in [2.05, 4.69) is 205 Å². The maximum Gasteiger partial charge on any atom is 0.160 e. The Balaban J connectivity index is 1.09. The number of hydrogen-bond acceptors (Lipinski definition) is 2. The minimum absolute atomic E-state index is 0.700. The Bertz CT molecular complexity index is 3080. The zero-order valence-electron chi connectivity index (χ0n) is 29.9. The van der Waals surface area contributed by atoms with Crippen LogP contribution >= 0.6 is 0 Å². The van der Waals surface area contributed by atoms with E-state index in [-0.39, 0.29) is 0 Å². The Hall–Kier alpha value is -7.36. The maximum atomic E-state index is 5.35. The number of benzene rings is 9. The van der Waals surface area contributed by atoms with Gasteiger partial charge in [0.15, 0.2) is 5.82 Å². The van der Waals surface area contributed by atoms with Gasteiger partial charge in [0.05, 0.1) is 22.2 Å². The van der Waals surface area contributed by atoms with E-state index in [0.29, 0.717) is 5.82 Å². The van der Waals surface area contributed by atoms with Gasteiger partial charge in [-0.3, -0.25) is 0 Å². The molecule has 3 heteroatoms. The van der Waals surface area contributed by atoms with Gasteiger partial charge in [-0.2, -0.15) is 0 Å². The zero-order chi connectivity index (χ0) is 36.3. The van der Waals surface area contributed by atoms with E-state index in [1.54, 1.807) is 0 Å². The average Bonchev–Trinajstić information content (AvgIpc) is 3.62. The topological polar surface area (TPSA) is 30.7 Å². The lowest BCUT2D eigenvalue weighted by molar-refractivity contribution is 1.17. The molecule has 256 valence electrons. The molecule has 0 saturated heterocycles. The number of rotatable bonds is 5. The van der Waals surface area contributed by atoms with Gasteiger partial charge in [-0.15, -0.1) is 0 Å². The van der Waals surface area contributed by atoms with Crippen LogP contribution in [0.5, 0.6) is 0 Å². The van der Waals surface area contributed by atoms with Crippen molar-refractivity contribution in [2.24, 2.45) is 0 Å². The molecule has 55 heavy (non-hydrogen) atoms. The molecule has 11 aromatic rings. The summed E-state index contributed by atoms with van der Waals surface area (Å²) in [4.78, 5) is 10.5. The second-order valence-electron chi connectivity index (χ2n) is 14.2. The third-order valence-corrected chi connectivity index (χ3v) is 11.0. The standard InChI is InChI=1S/C52H33N3/c1-3-13-34(14-4-1)39-31-40(35-15-5-2-6-16-35)33-41(32-39)51-45-21-11-12-22-46(45)53-52(54-51)38-23-27-42(28-24-38)55-47-29-25-36-17-7-9-19-43(36)49(47)50-44-20-10-8-18-37(44)26-30-48(50)55/h1-33H. The van der Waals surface area contributed by atoms with Gasteiger partial charge >= 0.3 is 0 Å². The molecule has 9 aromatic carbocycles. The van der Waals surface area contributed by atoms with Gasteiger partial charge < -0.3 is 4.57 Å². The molecule has 0 aliphatic carbocycles. The fraction of sp³-hybridized carbons (Fsp3) is 0. The molecule has 2 heterocycles. The summed E-state index contributed by atoms with van der Waals surface area (Å²) in [6, 6.07) is 71.5. The lowest BCUT2D eigenvalue weighted by Gasteiger charge is -2.14. The maximum absolute atomic E-state index is 5.35. The fourth-order valence-electron chi connectivity index (χ4n) is 8.37. The van der Waals surface area contributed by atoms with Gasteiger partial charge in [0.2, 0.25) is 0 Å². The molecule has 0 bridgehead atoms. The van der Waals surface area contributed by atoms with Crippen molar-refractivity contribution in [2.45, 2.75) is 0 Å². The fourth-order valence-corrected chi connectivity index (χ4v) is 8.37. The Kier molecular flexibility index (Phi) is 7.17. The lowest BCUT2D eigenvalue weighted by Crippen LogP contribution is -1.97. The highest BCUT2D eigenvalue weighted by Crippen LogP contribution is 2.41. The van der Waals surface area contributed by atoms with Crippen LogP contribution in [-0.2, 0) is 0 Å². The number of para-hydroxylation sites is 1. The van der Waals surface area contributed by atoms with Crippen LogP contribution in [0.3, 0.4) is 0 Å². The summed E-state index contributed by atoms with van der Waals surface area (Å²) in [5.41, 5.74) is 12.0. The Morgan fingerprint density at radius 2 is 0.818 bits per heavy atom. The van der Waals surface area contributed by atoms with E-state index in [4.69, 9.17) is 9.97 Å². The number of fused-ring (bicyclic) bond motifs is 8. The van der Waals surface area contributed by atoms with Crippen molar-refractivity contribution in [2.75, 3.05) is 0 Å². The van der Waals surface area contributed by atoms with Crippen molar-refractivity contribution in [1.82, 2.24) is 14.5 Å². The third kappa shape index (κ3) is 5.20. The van der Waals surface area contributed by atoms with E-state index in [0.717, 1.165) is 44.5 Å². The molecule has 11 rings (SSSR count). The average molecular weight is 700 g/mol. The molecule has 0 atom stereocenters. The number of hydrogen-bond donors (Lipinski definition) is 0. The first-order chi connectivity index (χ1) is 27.3. The molecule has 0 unspecified atom stereocenters. The molecule has 0 fully saturated rings. The highest BCUT2D eigenvalue weighted by atomic mass is 15.0. The van der Waals surface area contributed by atoms with Gasteiger partial charge in [0.25, 0.3) is 0 Å². The summed E-state index contributed by atoms with van der Waals surface area (Å²) >= 11 is 0. The number of aromatic nitrogens is 3. The molecular formula is C52H33N3.